The molecule has 0 spiro atoms. The summed E-state index contributed by atoms with van der Waals surface area (Å²) in [6.07, 6.45) is 3.99. The van der Waals surface area contributed by atoms with Crippen molar-refractivity contribution in [2.45, 2.75) is 18.8 Å². The van der Waals surface area contributed by atoms with Crippen molar-refractivity contribution >= 4 is 22.1 Å². The Hall–Kier alpha value is -3.78. The number of hydrogen-bond acceptors (Lipinski definition) is 6. The SMILES string of the molecule is COc1cccc(-c2nccc3[nH]c(-c4n[nH]c5ccc(C6CCNCC6)nc45)nc23)c1. The Morgan fingerprint density at radius 3 is 2.69 bits per heavy atom. The summed E-state index contributed by atoms with van der Waals surface area (Å²) >= 11 is 0. The molecule has 0 atom stereocenters. The summed E-state index contributed by atoms with van der Waals surface area (Å²) in [6.45, 7) is 2.07. The van der Waals surface area contributed by atoms with Crippen LogP contribution in [-0.2, 0) is 0 Å². The molecular weight excluding hydrogens is 402 g/mol. The van der Waals surface area contributed by atoms with Crippen LogP contribution in [0.1, 0.15) is 24.5 Å². The molecule has 0 aliphatic carbocycles. The topological polar surface area (TPSA) is 104 Å². The monoisotopic (exact) mass is 425 g/mol. The molecule has 6 rings (SSSR count). The highest BCUT2D eigenvalue weighted by Crippen LogP contribution is 2.32. The van der Waals surface area contributed by atoms with Crippen LogP contribution < -0.4 is 10.1 Å². The van der Waals surface area contributed by atoms with Gasteiger partial charge in [-0.05, 0) is 56.3 Å². The third kappa shape index (κ3) is 3.20. The smallest absolute Gasteiger partial charge is 0.161 e. The van der Waals surface area contributed by atoms with E-state index in [-0.39, 0.29) is 0 Å². The summed E-state index contributed by atoms with van der Waals surface area (Å²) < 4.78 is 5.38. The number of hydrogen-bond donors (Lipinski definition) is 3. The quantitative estimate of drug-likeness (QED) is 0.401. The first-order valence-electron chi connectivity index (χ1n) is 10.9. The van der Waals surface area contributed by atoms with Crippen molar-refractivity contribution in [1.29, 1.82) is 0 Å². The number of benzene rings is 1. The molecule has 8 heteroatoms. The van der Waals surface area contributed by atoms with Crippen molar-refractivity contribution < 1.29 is 4.74 Å². The van der Waals surface area contributed by atoms with E-state index in [2.05, 4.69) is 37.6 Å². The predicted molar refractivity (Wildman–Crippen MR) is 124 cm³/mol. The van der Waals surface area contributed by atoms with E-state index in [1.54, 1.807) is 13.3 Å². The Kier molecular flexibility index (Phi) is 4.57. The Morgan fingerprint density at radius 1 is 0.938 bits per heavy atom. The van der Waals surface area contributed by atoms with Crippen LogP contribution in [0.25, 0.3) is 44.8 Å². The normalized spacial score (nSPS) is 14.9. The van der Waals surface area contributed by atoms with Crippen LogP contribution in [0.2, 0.25) is 0 Å². The average Bonchev–Trinajstić information content (AvgIpc) is 3.48. The number of methoxy groups -OCH3 is 1. The maximum atomic E-state index is 5.38. The number of H-pyrrole nitrogens is 2. The molecular formula is C24H23N7O. The summed E-state index contributed by atoms with van der Waals surface area (Å²) in [4.78, 5) is 17.9. The van der Waals surface area contributed by atoms with Gasteiger partial charge in [0.2, 0.25) is 0 Å². The van der Waals surface area contributed by atoms with Gasteiger partial charge in [0.05, 0.1) is 23.8 Å². The average molecular weight is 425 g/mol. The van der Waals surface area contributed by atoms with Crippen molar-refractivity contribution in [3.63, 3.8) is 0 Å². The predicted octanol–water partition coefficient (Wildman–Crippen LogP) is 4.04. The molecule has 1 saturated heterocycles. The largest absolute Gasteiger partial charge is 0.497 e. The first-order valence-corrected chi connectivity index (χ1v) is 10.9. The molecule has 160 valence electrons. The first kappa shape index (κ1) is 18.9. The molecule has 4 aromatic heterocycles. The number of imidazole rings is 1. The van der Waals surface area contributed by atoms with E-state index in [1.807, 2.05) is 30.3 Å². The second-order valence-electron chi connectivity index (χ2n) is 8.10. The fraction of sp³-hybridized carbons (Fsp3) is 0.250. The molecule has 3 N–H and O–H groups in total. The minimum Gasteiger partial charge on any atom is -0.497 e. The first-order chi connectivity index (χ1) is 15.8. The number of piperidine rings is 1. The summed E-state index contributed by atoms with van der Waals surface area (Å²) in [5.41, 5.74) is 7.04. The third-order valence-corrected chi connectivity index (χ3v) is 6.16. The zero-order valence-electron chi connectivity index (χ0n) is 17.7. The van der Waals surface area contributed by atoms with Crippen LogP contribution in [0.3, 0.4) is 0 Å². The van der Waals surface area contributed by atoms with Gasteiger partial charge in [0.1, 0.15) is 16.8 Å². The minimum absolute atomic E-state index is 0.475. The lowest BCUT2D eigenvalue weighted by molar-refractivity contribution is 0.415. The third-order valence-electron chi connectivity index (χ3n) is 6.16. The molecule has 0 bridgehead atoms. The van der Waals surface area contributed by atoms with Crippen molar-refractivity contribution in [2.75, 3.05) is 20.2 Å². The van der Waals surface area contributed by atoms with Crippen molar-refractivity contribution in [3.8, 4) is 28.5 Å². The molecule has 0 amide bonds. The number of nitrogens with zero attached hydrogens (tertiary/aromatic N) is 4. The Morgan fingerprint density at radius 2 is 1.81 bits per heavy atom. The Labute approximate surface area is 184 Å². The lowest BCUT2D eigenvalue weighted by atomic mass is 9.94. The molecule has 0 saturated carbocycles. The number of rotatable bonds is 4. The van der Waals surface area contributed by atoms with E-state index in [1.165, 1.54) is 0 Å². The Balaban J connectivity index is 1.45. The maximum Gasteiger partial charge on any atom is 0.161 e. The highest BCUT2D eigenvalue weighted by atomic mass is 16.5. The summed E-state index contributed by atoms with van der Waals surface area (Å²) in [6, 6.07) is 14.0. The van der Waals surface area contributed by atoms with E-state index < -0.39 is 0 Å². The number of fused-ring (bicyclic) bond motifs is 2. The zero-order chi connectivity index (χ0) is 21.5. The maximum absolute atomic E-state index is 5.38. The van der Waals surface area contributed by atoms with Gasteiger partial charge in [-0.2, -0.15) is 5.10 Å². The van der Waals surface area contributed by atoms with Gasteiger partial charge < -0.3 is 15.0 Å². The number of nitrogens with one attached hydrogen (secondary N) is 3. The number of pyridine rings is 2. The highest BCUT2D eigenvalue weighted by molar-refractivity contribution is 5.94. The van der Waals surface area contributed by atoms with E-state index >= 15 is 0 Å². The van der Waals surface area contributed by atoms with Gasteiger partial charge in [0.15, 0.2) is 11.5 Å². The standard InChI is InChI=1S/C24H23N7O/c1-32-16-4-2-3-15(13-16)20-21-18(9-12-26-20)28-24(29-21)23-22-19(30-31-23)6-5-17(27-22)14-7-10-25-11-8-14/h2-6,9,12-14,25H,7-8,10-11H2,1H3,(H,28,29)(H,30,31). The van der Waals surface area contributed by atoms with Crippen LogP contribution in [0.4, 0.5) is 0 Å². The minimum atomic E-state index is 0.475. The van der Waals surface area contributed by atoms with E-state index in [9.17, 15) is 0 Å². The number of aromatic amines is 2. The second-order valence-corrected chi connectivity index (χ2v) is 8.10. The van der Waals surface area contributed by atoms with Gasteiger partial charge in [0.25, 0.3) is 0 Å². The highest BCUT2D eigenvalue weighted by Gasteiger charge is 2.20. The number of ether oxygens (including phenoxy) is 1. The van der Waals surface area contributed by atoms with Crippen molar-refractivity contribution in [3.05, 3.63) is 54.4 Å². The van der Waals surface area contributed by atoms with Crippen LogP contribution in [0.5, 0.6) is 5.75 Å². The molecule has 5 heterocycles. The molecule has 0 unspecified atom stereocenters. The molecule has 8 nitrogen and oxygen atoms in total. The number of aromatic nitrogens is 6. The van der Waals surface area contributed by atoms with Crippen LogP contribution >= 0.6 is 0 Å². The second kappa shape index (κ2) is 7.72. The molecule has 1 fully saturated rings. The zero-order valence-corrected chi connectivity index (χ0v) is 17.7. The van der Waals surface area contributed by atoms with Gasteiger partial charge in [-0.15, -0.1) is 0 Å². The molecule has 0 radical (unpaired) electrons. The van der Waals surface area contributed by atoms with Gasteiger partial charge in [-0.25, -0.2) is 9.97 Å². The van der Waals surface area contributed by atoms with Crippen LogP contribution in [0, 0.1) is 0 Å². The molecule has 5 aromatic rings. The Bertz CT molecular complexity index is 1410. The van der Waals surface area contributed by atoms with Crippen molar-refractivity contribution in [2.24, 2.45) is 0 Å². The van der Waals surface area contributed by atoms with E-state index in [4.69, 9.17) is 14.7 Å². The lowest BCUT2D eigenvalue weighted by Gasteiger charge is -2.22. The van der Waals surface area contributed by atoms with Crippen molar-refractivity contribution in [1.82, 2.24) is 35.5 Å². The fourth-order valence-corrected chi connectivity index (χ4v) is 4.45. The summed E-state index contributed by atoms with van der Waals surface area (Å²) in [5.74, 6) is 1.94. The lowest BCUT2D eigenvalue weighted by Crippen LogP contribution is -2.27. The van der Waals surface area contributed by atoms with Crippen LogP contribution in [0.15, 0.2) is 48.7 Å². The van der Waals surface area contributed by atoms with Gasteiger partial charge in [0, 0.05) is 23.4 Å². The van der Waals surface area contributed by atoms with E-state index in [0.29, 0.717) is 11.7 Å². The van der Waals surface area contributed by atoms with Gasteiger partial charge in [-0.1, -0.05) is 12.1 Å². The molecule has 1 aliphatic rings. The van der Waals surface area contributed by atoms with Gasteiger partial charge >= 0.3 is 0 Å². The van der Waals surface area contributed by atoms with Crippen LogP contribution in [-0.4, -0.2) is 50.3 Å². The molecule has 1 aromatic carbocycles. The molecule has 32 heavy (non-hydrogen) atoms. The van der Waals surface area contributed by atoms with Gasteiger partial charge in [-0.3, -0.25) is 10.1 Å². The summed E-state index contributed by atoms with van der Waals surface area (Å²) in [5, 5.41) is 11.1. The molecule has 1 aliphatic heterocycles. The van der Waals surface area contributed by atoms with E-state index in [0.717, 1.165) is 76.4 Å². The summed E-state index contributed by atoms with van der Waals surface area (Å²) in [7, 11) is 1.66. The fourth-order valence-electron chi connectivity index (χ4n) is 4.45.